The zero-order chi connectivity index (χ0) is 20.3. The third-order valence-corrected chi connectivity index (χ3v) is 11.1. The fraction of sp³-hybridized carbons (Fsp3) is 0.652. The van der Waals surface area contributed by atoms with Crippen LogP contribution in [0.5, 0.6) is 0 Å². The van der Waals surface area contributed by atoms with Crippen LogP contribution in [0, 0.1) is 0 Å². The minimum absolute atomic E-state index is 0. The summed E-state index contributed by atoms with van der Waals surface area (Å²) in [5.74, 6) is 0. The molecule has 0 atom stereocenters. The molecule has 0 aromatic rings. The van der Waals surface area contributed by atoms with Gasteiger partial charge in [0, 0.05) is 33.8 Å². The zero-order valence-corrected chi connectivity index (χ0v) is 21.7. The van der Waals surface area contributed by atoms with Gasteiger partial charge in [0.25, 0.3) is 0 Å². The molecule has 0 radical (unpaired) electrons. The Morgan fingerprint density at radius 1 is 0.846 bits per heavy atom. The van der Waals surface area contributed by atoms with Crippen LogP contribution in [0.4, 0.5) is 0 Å². The van der Waals surface area contributed by atoms with Crippen molar-refractivity contribution >= 4 is 7.05 Å². The molecule has 0 unspecified atom stereocenters. The fourth-order valence-electron chi connectivity index (χ4n) is 4.17. The van der Waals surface area contributed by atoms with Gasteiger partial charge >= 0.3 is 0 Å². The summed E-state index contributed by atoms with van der Waals surface area (Å²) in [6.45, 7) is 32.6. The first-order valence-electron chi connectivity index (χ1n) is 9.27. The molecule has 0 heterocycles. The average molecular weight is 411 g/mol. The summed E-state index contributed by atoms with van der Waals surface area (Å²) in [4.78, 5) is 0. The minimum atomic E-state index is -1.58. The molecule has 26 heavy (non-hydrogen) atoms. The van der Waals surface area contributed by atoms with Crippen molar-refractivity contribution in [1.29, 1.82) is 0 Å². The second kappa shape index (κ2) is 9.90. The molecular weight excluding hydrogens is 369 g/mol. The predicted molar refractivity (Wildman–Crippen MR) is 120 cm³/mol. The van der Waals surface area contributed by atoms with E-state index >= 15 is 0 Å². The number of rotatable bonds is 2. The SMILES string of the molecule is C=C(C)C(=C)C.CC(C)(C)P(=NC1=CC=CC1)(C(C)(C)C)C(C)(C)C.[Ti]. The van der Waals surface area contributed by atoms with Gasteiger partial charge in [0.15, 0.2) is 0 Å². The maximum absolute atomic E-state index is 5.43. The van der Waals surface area contributed by atoms with E-state index < -0.39 is 7.05 Å². The van der Waals surface area contributed by atoms with Crippen molar-refractivity contribution in [3.8, 4) is 0 Å². The number of hydrogen-bond donors (Lipinski definition) is 0. The average Bonchev–Trinajstić information content (AvgIpc) is 2.84. The van der Waals surface area contributed by atoms with Crippen LogP contribution in [0.15, 0.2) is 53.0 Å². The van der Waals surface area contributed by atoms with Crippen molar-refractivity contribution in [3.05, 3.63) is 48.2 Å². The summed E-state index contributed by atoms with van der Waals surface area (Å²) in [6.07, 6.45) is 7.55. The standard InChI is InChI=1S/C17H32NP.C6H10.Ti/c1-15(2,3)19(16(4,5)6,17(7,8)9)18-14-12-10-11-13-14;1-5(2)6(3)4;/h10-12H,13H2,1-9H3;1,3H2,2,4H3;. The second-order valence-corrected chi connectivity index (χ2v) is 15.6. The Labute approximate surface area is 179 Å². The molecule has 0 N–H and O–H groups in total. The van der Waals surface area contributed by atoms with Gasteiger partial charge in [0.05, 0.1) is 0 Å². The van der Waals surface area contributed by atoms with E-state index in [0.29, 0.717) is 0 Å². The van der Waals surface area contributed by atoms with Crippen molar-refractivity contribution in [2.24, 2.45) is 4.74 Å². The van der Waals surface area contributed by atoms with Gasteiger partial charge in [-0.1, -0.05) is 98.8 Å². The molecule has 0 bridgehead atoms. The fourth-order valence-corrected chi connectivity index (χ4v) is 11.6. The van der Waals surface area contributed by atoms with E-state index in [0.717, 1.165) is 17.6 Å². The Hall–Kier alpha value is -0.0957. The third kappa shape index (κ3) is 6.81. The molecule has 0 saturated carbocycles. The van der Waals surface area contributed by atoms with Crippen LogP contribution in [0.3, 0.4) is 0 Å². The minimum Gasteiger partial charge on any atom is -0.270 e. The van der Waals surface area contributed by atoms with E-state index in [-0.39, 0.29) is 37.2 Å². The summed E-state index contributed by atoms with van der Waals surface area (Å²) in [6, 6.07) is 0. The van der Waals surface area contributed by atoms with Gasteiger partial charge in [-0.15, -0.1) is 0 Å². The topological polar surface area (TPSA) is 12.4 Å². The molecule has 0 aromatic heterocycles. The van der Waals surface area contributed by atoms with Crippen LogP contribution in [-0.4, -0.2) is 15.5 Å². The Bertz CT molecular complexity index is 559. The van der Waals surface area contributed by atoms with Gasteiger partial charge in [-0.3, -0.25) is 4.74 Å². The summed E-state index contributed by atoms with van der Waals surface area (Å²) < 4.78 is 5.43. The molecule has 3 heteroatoms. The summed E-state index contributed by atoms with van der Waals surface area (Å²) >= 11 is 0. The molecule has 1 aliphatic rings. The van der Waals surface area contributed by atoms with E-state index in [1.54, 1.807) is 0 Å². The van der Waals surface area contributed by atoms with Crippen LogP contribution in [0.1, 0.15) is 82.6 Å². The largest absolute Gasteiger partial charge is 0.270 e. The molecule has 0 aromatic carbocycles. The molecule has 148 valence electrons. The Morgan fingerprint density at radius 2 is 1.19 bits per heavy atom. The summed E-state index contributed by atoms with van der Waals surface area (Å²) in [5.41, 5.74) is 3.40. The second-order valence-electron chi connectivity index (χ2n) is 10.1. The number of hydrogen-bond acceptors (Lipinski definition) is 1. The molecule has 1 nitrogen and oxygen atoms in total. The van der Waals surface area contributed by atoms with Crippen molar-refractivity contribution in [3.63, 3.8) is 0 Å². The number of nitrogens with zero attached hydrogens (tertiary/aromatic N) is 1. The van der Waals surface area contributed by atoms with Gasteiger partial charge in [0.2, 0.25) is 0 Å². The van der Waals surface area contributed by atoms with Crippen LogP contribution >= 0.6 is 7.05 Å². The third-order valence-electron chi connectivity index (χ3n) is 4.67. The van der Waals surface area contributed by atoms with Gasteiger partial charge in [-0.2, -0.15) is 0 Å². The normalized spacial score (nSPS) is 14.7. The monoisotopic (exact) mass is 411 g/mol. The van der Waals surface area contributed by atoms with Crippen molar-refractivity contribution in [2.45, 2.75) is 98.1 Å². The predicted octanol–water partition coefficient (Wildman–Crippen LogP) is 8.56. The van der Waals surface area contributed by atoms with Crippen molar-refractivity contribution in [1.82, 2.24) is 0 Å². The van der Waals surface area contributed by atoms with E-state index in [2.05, 4.69) is 93.7 Å². The maximum Gasteiger partial charge on any atom is 0.0425 e. The van der Waals surface area contributed by atoms with E-state index in [9.17, 15) is 0 Å². The molecule has 0 amide bonds. The molecule has 1 rings (SSSR count). The summed E-state index contributed by atoms with van der Waals surface area (Å²) in [7, 11) is -1.58. The van der Waals surface area contributed by atoms with E-state index in [4.69, 9.17) is 4.74 Å². The van der Waals surface area contributed by atoms with Crippen LogP contribution in [-0.2, 0) is 21.7 Å². The Balaban J connectivity index is 0. The quantitative estimate of drug-likeness (QED) is 0.245. The van der Waals surface area contributed by atoms with Gasteiger partial charge in [0.1, 0.15) is 0 Å². The molecule has 1 aliphatic carbocycles. The molecule has 0 fully saturated rings. The van der Waals surface area contributed by atoms with Crippen LogP contribution in [0.2, 0.25) is 0 Å². The van der Waals surface area contributed by atoms with E-state index in [1.807, 2.05) is 13.8 Å². The van der Waals surface area contributed by atoms with Gasteiger partial charge < -0.3 is 0 Å². The first kappa shape index (κ1) is 28.1. The van der Waals surface area contributed by atoms with Gasteiger partial charge in [-0.25, -0.2) is 0 Å². The molecule has 0 aliphatic heterocycles. The Morgan fingerprint density at radius 3 is 1.38 bits per heavy atom. The van der Waals surface area contributed by atoms with Crippen molar-refractivity contribution in [2.75, 3.05) is 0 Å². The first-order chi connectivity index (χ1) is 11.0. The van der Waals surface area contributed by atoms with Gasteiger partial charge in [-0.05, 0) is 42.4 Å². The molecular formula is C23H42NPTi. The molecule has 0 saturated heterocycles. The van der Waals surface area contributed by atoms with Crippen LogP contribution in [0.25, 0.3) is 0 Å². The Kier molecular flexibility index (Phi) is 10.7. The summed E-state index contributed by atoms with van der Waals surface area (Å²) in [5, 5.41) is 0.646. The van der Waals surface area contributed by atoms with Crippen LogP contribution < -0.4 is 0 Å². The molecule has 0 spiro atoms. The van der Waals surface area contributed by atoms with E-state index in [1.165, 1.54) is 5.70 Å². The first-order valence-corrected chi connectivity index (χ1v) is 11.0. The number of allylic oxidation sites excluding steroid dienone is 5. The smallest absolute Gasteiger partial charge is 0.0425 e. The maximum atomic E-state index is 5.43. The van der Waals surface area contributed by atoms with Crippen molar-refractivity contribution < 1.29 is 21.7 Å². The zero-order valence-electron chi connectivity index (χ0n) is 19.2.